The second-order valence-electron chi connectivity index (χ2n) is 5.59. The quantitative estimate of drug-likeness (QED) is 0.747. The monoisotopic (exact) mass is 275 g/mol. The van der Waals surface area contributed by atoms with Crippen LogP contribution in [0.15, 0.2) is 30.3 Å². The van der Waals surface area contributed by atoms with Crippen LogP contribution in [0, 0.1) is 11.8 Å². The van der Waals surface area contributed by atoms with Crippen LogP contribution in [-0.2, 0) is 16.1 Å². The van der Waals surface area contributed by atoms with Gasteiger partial charge in [-0.25, -0.2) is 0 Å². The molecule has 2 rings (SSSR count). The molecule has 1 aromatic rings. The maximum absolute atomic E-state index is 12.1. The lowest BCUT2D eigenvalue weighted by molar-refractivity contribution is -0.148. The fourth-order valence-electron chi connectivity index (χ4n) is 3.11. The van der Waals surface area contributed by atoms with Crippen molar-refractivity contribution in [1.82, 2.24) is 4.90 Å². The zero-order chi connectivity index (χ0) is 14.4. The summed E-state index contributed by atoms with van der Waals surface area (Å²) in [6.45, 7) is 7.31. The Balaban J connectivity index is 1.98. The van der Waals surface area contributed by atoms with Crippen molar-refractivity contribution in [3.05, 3.63) is 35.9 Å². The summed E-state index contributed by atoms with van der Waals surface area (Å²) in [7, 11) is 0. The van der Waals surface area contributed by atoms with Crippen LogP contribution in [0.4, 0.5) is 0 Å². The van der Waals surface area contributed by atoms with E-state index in [0.29, 0.717) is 12.5 Å². The molecule has 0 saturated carbocycles. The molecule has 1 aliphatic rings. The van der Waals surface area contributed by atoms with Crippen LogP contribution in [0.25, 0.3) is 0 Å². The molecule has 1 heterocycles. The Bertz CT molecular complexity index is 418. The normalized spacial score (nSPS) is 22.9. The van der Waals surface area contributed by atoms with E-state index in [-0.39, 0.29) is 11.9 Å². The number of hydrogen-bond donors (Lipinski definition) is 0. The Morgan fingerprint density at radius 3 is 2.65 bits per heavy atom. The number of nitrogens with zero attached hydrogens (tertiary/aromatic N) is 1. The topological polar surface area (TPSA) is 29.5 Å². The van der Waals surface area contributed by atoms with Crippen molar-refractivity contribution in [2.75, 3.05) is 19.7 Å². The number of benzene rings is 1. The molecule has 0 N–H and O–H groups in total. The third kappa shape index (κ3) is 3.83. The summed E-state index contributed by atoms with van der Waals surface area (Å²) in [5, 5.41) is 0. The van der Waals surface area contributed by atoms with Crippen molar-refractivity contribution in [2.24, 2.45) is 11.8 Å². The molecule has 2 atom stereocenters. The Hall–Kier alpha value is -1.35. The van der Waals surface area contributed by atoms with E-state index in [0.717, 1.165) is 32.5 Å². The summed E-state index contributed by atoms with van der Waals surface area (Å²) in [5.74, 6) is 0.489. The zero-order valence-electron chi connectivity index (χ0n) is 12.5. The molecule has 0 unspecified atom stereocenters. The summed E-state index contributed by atoms with van der Waals surface area (Å²) in [6.07, 6.45) is 2.23. The van der Waals surface area contributed by atoms with Crippen LogP contribution in [0.1, 0.15) is 32.3 Å². The van der Waals surface area contributed by atoms with E-state index in [1.807, 2.05) is 13.0 Å². The van der Waals surface area contributed by atoms with Crippen LogP contribution in [0.5, 0.6) is 0 Å². The zero-order valence-corrected chi connectivity index (χ0v) is 12.5. The van der Waals surface area contributed by atoms with E-state index in [4.69, 9.17) is 4.74 Å². The van der Waals surface area contributed by atoms with Crippen molar-refractivity contribution in [3.8, 4) is 0 Å². The molecule has 0 aromatic heterocycles. The fourth-order valence-corrected chi connectivity index (χ4v) is 3.11. The lowest BCUT2D eigenvalue weighted by atomic mass is 9.92. The minimum Gasteiger partial charge on any atom is -0.466 e. The lowest BCUT2D eigenvalue weighted by Gasteiger charge is -2.15. The third-order valence-corrected chi connectivity index (χ3v) is 4.01. The van der Waals surface area contributed by atoms with Gasteiger partial charge in [0.1, 0.15) is 0 Å². The van der Waals surface area contributed by atoms with Gasteiger partial charge in [0.2, 0.25) is 0 Å². The molecule has 1 aliphatic heterocycles. The maximum atomic E-state index is 12.1. The number of ether oxygens (including phenoxy) is 1. The highest BCUT2D eigenvalue weighted by molar-refractivity contribution is 5.73. The molecule has 3 nitrogen and oxygen atoms in total. The van der Waals surface area contributed by atoms with Crippen molar-refractivity contribution < 1.29 is 9.53 Å². The highest BCUT2D eigenvalue weighted by atomic mass is 16.5. The van der Waals surface area contributed by atoms with Gasteiger partial charge in [-0.15, -0.1) is 0 Å². The molecular formula is C17H25NO2. The predicted octanol–water partition coefficient (Wildman–Crippen LogP) is 3.10. The van der Waals surface area contributed by atoms with Crippen molar-refractivity contribution in [1.29, 1.82) is 0 Å². The highest BCUT2D eigenvalue weighted by Gasteiger charge is 2.37. The maximum Gasteiger partial charge on any atom is 0.310 e. The molecule has 0 aliphatic carbocycles. The summed E-state index contributed by atoms with van der Waals surface area (Å²) in [4.78, 5) is 14.5. The van der Waals surface area contributed by atoms with Gasteiger partial charge < -0.3 is 4.74 Å². The van der Waals surface area contributed by atoms with Gasteiger partial charge in [-0.1, -0.05) is 43.7 Å². The van der Waals surface area contributed by atoms with E-state index in [2.05, 4.69) is 36.1 Å². The van der Waals surface area contributed by atoms with E-state index < -0.39 is 0 Å². The Kier molecular flexibility index (Phi) is 5.60. The summed E-state index contributed by atoms with van der Waals surface area (Å²) < 4.78 is 5.24. The predicted molar refractivity (Wildman–Crippen MR) is 80.2 cm³/mol. The first kappa shape index (κ1) is 15.0. The largest absolute Gasteiger partial charge is 0.466 e. The Morgan fingerprint density at radius 1 is 1.25 bits per heavy atom. The number of carbonyl (C=O) groups is 1. The number of hydrogen-bond acceptors (Lipinski definition) is 3. The van der Waals surface area contributed by atoms with Gasteiger partial charge in [-0.3, -0.25) is 9.69 Å². The van der Waals surface area contributed by atoms with E-state index in [1.54, 1.807) is 0 Å². The average molecular weight is 275 g/mol. The van der Waals surface area contributed by atoms with Crippen molar-refractivity contribution >= 4 is 5.97 Å². The molecule has 1 fully saturated rings. The van der Waals surface area contributed by atoms with E-state index >= 15 is 0 Å². The minimum atomic E-state index is -0.0125. The first-order valence-electron chi connectivity index (χ1n) is 7.67. The first-order chi connectivity index (χ1) is 9.74. The number of carbonyl (C=O) groups excluding carboxylic acids is 1. The highest BCUT2D eigenvalue weighted by Crippen LogP contribution is 2.29. The van der Waals surface area contributed by atoms with E-state index in [9.17, 15) is 4.79 Å². The van der Waals surface area contributed by atoms with Crippen molar-refractivity contribution in [2.45, 2.75) is 33.2 Å². The number of esters is 1. The standard InChI is InChI=1S/C17H25NO2/c1-3-8-15-12-18(11-14-9-6-5-7-10-14)13-16(15)17(19)20-4-2/h5-7,9-10,15-16H,3-4,8,11-13H2,1-2H3/t15-,16-/m1/s1. The molecule has 1 aromatic carbocycles. The first-order valence-corrected chi connectivity index (χ1v) is 7.67. The van der Waals surface area contributed by atoms with Gasteiger partial charge in [-0.2, -0.15) is 0 Å². The summed E-state index contributed by atoms with van der Waals surface area (Å²) in [5.41, 5.74) is 1.31. The SMILES string of the molecule is CCC[C@@H]1CN(Cc2ccccc2)C[C@H]1C(=O)OCC. The van der Waals surface area contributed by atoms with Gasteiger partial charge in [0.15, 0.2) is 0 Å². The van der Waals surface area contributed by atoms with Crippen LogP contribution in [0.3, 0.4) is 0 Å². The molecule has 110 valence electrons. The minimum absolute atomic E-state index is 0.0125. The molecule has 0 amide bonds. The lowest BCUT2D eigenvalue weighted by Crippen LogP contribution is -2.25. The van der Waals surface area contributed by atoms with Gasteiger partial charge in [0, 0.05) is 19.6 Å². The van der Waals surface area contributed by atoms with Crippen LogP contribution in [-0.4, -0.2) is 30.6 Å². The van der Waals surface area contributed by atoms with Crippen molar-refractivity contribution in [3.63, 3.8) is 0 Å². The summed E-state index contributed by atoms with van der Waals surface area (Å²) >= 11 is 0. The second kappa shape index (κ2) is 7.44. The molecule has 1 saturated heterocycles. The van der Waals surface area contributed by atoms with Crippen LogP contribution < -0.4 is 0 Å². The van der Waals surface area contributed by atoms with Gasteiger partial charge in [0.25, 0.3) is 0 Å². The molecule has 0 radical (unpaired) electrons. The van der Waals surface area contributed by atoms with Crippen LogP contribution >= 0.6 is 0 Å². The molecular weight excluding hydrogens is 250 g/mol. The smallest absolute Gasteiger partial charge is 0.310 e. The third-order valence-electron chi connectivity index (χ3n) is 4.01. The van der Waals surface area contributed by atoms with Crippen LogP contribution in [0.2, 0.25) is 0 Å². The fraction of sp³-hybridized carbons (Fsp3) is 0.588. The second-order valence-corrected chi connectivity index (χ2v) is 5.59. The van der Waals surface area contributed by atoms with E-state index in [1.165, 1.54) is 5.56 Å². The Morgan fingerprint density at radius 2 is 2.00 bits per heavy atom. The molecule has 0 spiro atoms. The van der Waals surface area contributed by atoms with Gasteiger partial charge in [0.05, 0.1) is 12.5 Å². The number of rotatable bonds is 6. The van der Waals surface area contributed by atoms with Gasteiger partial charge >= 0.3 is 5.97 Å². The average Bonchev–Trinajstić information content (AvgIpc) is 2.83. The molecule has 3 heteroatoms. The molecule has 0 bridgehead atoms. The molecule has 20 heavy (non-hydrogen) atoms. The van der Waals surface area contributed by atoms with Gasteiger partial charge in [-0.05, 0) is 24.8 Å². The summed E-state index contributed by atoms with van der Waals surface area (Å²) in [6, 6.07) is 10.5. The Labute approximate surface area is 121 Å². The number of likely N-dealkylation sites (tertiary alicyclic amines) is 1.